The number of aliphatic hydroxyl groups is 1. The van der Waals surface area contributed by atoms with E-state index in [1.807, 2.05) is 0 Å². The first-order valence-corrected chi connectivity index (χ1v) is 17.4. The van der Waals surface area contributed by atoms with Crippen molar-refractivity contribution in [2.45, 2.75) is 123 Å². The Bertz CT molecular complexity index is 779. The molecule has 0 radical (unpaired) electrons. The molecular formula is C34H64N4O2. The van der Waals surface area contributed by atoms with Gasteiger partial charge in [0.25, 0.3) is 0 Å². The summed E-state index contributed by atoms with van der Waals surface area (Å²) >= 11 is 0. The van der Waals surface area contributed by atoms with Crippen LogP contribution in [0.5, 0.6) is 0 Å². The fraction of sp³-hybridized carbons (Fsp3) is 0.971. The normalized spacial score (nSPS) is 37.8. The van der Waals surface area contributed by atoms with Crippen LogP contribution in [0.1, 0.15) is 117 Å². The average molecular weight is 561 g/mol. The van der Waals surface area contributed by atoms with Gasteiger partial charge in [-0.2, -0.15) is 0 Å². The van der Waals surface area contributed by atoms with E-state index in [1.54, 1.807) is 0 Å². The van der Waals surface area contributed by atoms with Gasteiger partial charge in [-0.15, -0.1) is 0 Å². The van der Waals surface area contributed by atoms with Crippen LogP contribution < -0.4 is 21.7 Å². The van der Waals surface area contributed by atoms with E-state index in [0.717, 1.165) is 101 Å². The minimum Gasteiger partial charge on any atom is -0.393 e. The highest BCUT2D eigenvalue weighted by atomic mass is 16.3. The van der Waals surface area contributed by atoms with E-state index < -0.39 is 0 Å². The van der Waals surface area contributed by atoms with Crippen molar-refractivity contribution in [1.82, 2.24) is 16.0 Å². The molecule has 4 fully saturated rings. The van der Waals surface area contributed by atoms with Gasteiger partial charge in [0.1, 0.15) is 0 Å². The fourth-order valence-electron chi connectivity index (χ4n) is 10.3. The highest BCUT2D eigenvalue weighted by Gasteiger charge is 2.60. The Labute approximate surface area is 246 Å². The van der Waals surface area contributed by atoms with Crippen LogP contribution in [0.3, 0.4) is 0 Å². The Morgan fingerprint density at radius 2 is 1.52 bits per heavy atom. The van der Waals surface area contributed by atoms with E-state index in [-0.39, 0.29) is 12.0 Å². The van der Waals surface area contributed by atoms with Crippen LogP contribution in [0, 0.1) is 46.3 Å². The van der Waals surface area contributed by atoms with Crippen LogP contribution in [0.4, 0.5) is 0 Å². The van der Waals surface area contributed by atoms with E-state index in [0.29, 0.717) is 23.2 Å². The number of carbonyl (C=O) groups is 1. The zero-order valence-corrected chi connectivity index (χ0v) is 26.3. The molecule has 0 spiro atoms. The maximum atomic E-state index is 12.6. The molecule has 0 bridgehead atoms. The summed E-state index contributed by atoms with van der Waals surface area (Å²) < 4.78 is 0. The second kappa shape index (κ2) is 15.2. The number of hydrogen-bond donors (Lipinski definition) is 5. The molecule has 4 saturated carbocycles. The van der Waals surface area contributed by atoms with Crippen molar-refractivity contribution in [2.75, 3.05) is 39.3 Å². The number of amides is 1. The van der Waals surface area contributed by atoms with Crippen molar-refractivity contribution in [1.29, 1.82) is 0 Å². The second-order valence-electron chi connectivity index (χ2n) is 14.9. The number of nitrogens with two attached hydrogens (primary N) is 1. The molecule has 4 aliphatic rings. The van der Waals surface area contributed by atoms with Crippen LogP contribution in [0.2, 0.25) is 0 Å². The zero-order chi connectivity index (χ0) is 28.6. The molecule has 0 aliphatic heterocycles. The topological polar surface area (TPSA) is 99.4 Å². The summed E-state index contributed by atoms with van der Waals surface area (Å²) in [6, 6.07) is 0. The van der Waals surface area contributed by atoms with Crippen LogP contribution in [0.25, 0.3) is 0 Å². The lowest BCUT2D eigenvalue weighted by Gasteiger charge is -2.61. The molecule has 0 aromatic heterocycles. The summed E-state index contributed by atoms with van der Waals surface area (Å²) in [5.74, 6) is 5.01. The van der Waals surface area contributed by atoms with Crippen molar-refractivity contribution in [3.8, 4) is 0 Å². The molecular weight excluding hydrogens is 496 g/mol. The average Bonchev–Trinajstić information content (AvgIpc) is 3.30. The minimum absolute atomic E-state index is 0.0521. The van der Waals surface area contributed by atoms with E-state index in [2.05, 4.69) is 36.7 Å². The van der Waals surface area contributed by atoms with Gasteiger partial charge in [-0.3, -0.25) is 4.79 Å². The van der Waals surface area contributed by atoms with Crippen LogP contribution >= 0.6 is 0 Å². The van der Waals surface area contributed by atoms with Gasteiger partial charge in [-0.25, -0.2) is 0 Å². The predicted molar refractivity (Wildman–Crippen MR) is 166 cm³/mol. The quantitative estimate of drug-likeness (QED) is 0.166. The van der Waals surface area contributed by atoms with Gasteiger partial charge in [0.05, 0.1) is 6.10 Å². The monoisotopic (exact) mass is 561 g/mol. The standard InChI is InChI=1S/C34H64N4O2/c1-25(8-13-32(40)38-23-7-22-37-20-5-4-19-36-21-6-18-35)29-11-12-30-28-10-9-26-24-27(39)14-16-33(26,2)31(28)15-17-34(29,30)3/h25-31,36-37,39H,4-24,35H2,1-3H3,(H,38,40)/t25-,26-,27-,28+,29-,30+,31+,33+,34-/m1/s1. The number of carbonyl (C=O) groups excluding carboxylic acids is 1. The second-order valence-corrected chi connectivity index (χ2v) is 14.9. The van der Waals surface area contributed by atoms with Crippen LogP contribution in [0.15, 0.2) is 0 Å². The smallest absolute Gasteiger partial charge is 0.220 e. The van der Waals surface area contributed by atoms with E-state index >= 15 is 0 Å². The molecule has 6 nitrogen and oxygen atoms in total. The summed E-state index contributed by atoms with van der Waals surface area (Å²) in [4.78, 5) is 12.6. The van der Waals surface area contributed by atoms with Crippen molar-refractivity contribution in [3.05, 3.63) is 0 Å². The first-order chi connectivity index (χ1) is 19.3. The molecule has 1 amide bonds. The third-order valence-corrected chi connectivity index (χ3v) is 12.6. The molecule has 4 aliphatic carbocycles. The van der Waals surface area contributed by atoms with Gasteiger partial charge < -0.3 is 26.8 Å². The Morgan fingerprint density at radius 1 is 0.850 bits per heavy atom. The van der Waals surface area contributed by atoms with Crippen LogP contribution in [-0.2, 0) is 4.79 Å². The van der Waals surface area contributed by atoms with Gasteiger partial charge in [0.2, 0.25) is 5.91 Å². The maximum absolute atomic E-state index is 12.6. The number of hydrogen-bond acceptors (Lipinski definition) is 5. The third kappa shape index (κ3) is 7.63. The molecule has 0 aromatic rings. The van der Waals surface area contributed by atoms with E-state index in [9.17, 15) is 9.90 Å². The van der Waals surface area contributed by atoms with E-state index in [1.165, 1.54) is 57.8 Å². The Morgan fingerprint density at radius 3 is 2.27 bits per heavy atom. The van der Waals surface area contributed by atoms with Crippen molar-refractivity contribution >= 4 is 5.91 Å². The van der Waals surface area contributed by atoms with Crippen molar-refractivity contribution in [2.24, 2.45) is 52.1 Å². The summed E-state index contributed by atoms with van der Waals surface area (Å²) in [6.07, 6.45) is 17.7. The Kier molecular flexibility index (Phi) is 12.2. The number of unbranched alkanes of at least 4 members (excludes halogenated alkanes) is 1. The molecule has 40 heavy (non-hydrogen) atoms. The molecule has 0 aromatic carbocycles. The fourth-order valence-corrected chi connectivity index (χ4v) is 10.3. The summed E-state index contributed by atoms with van der Waals surface area (Å²) in [6.45, 7) is 13.3. The molecule has 232 valence electrons. The molecule has 6 heteroatoms. The minimum atomic E-state index is -0.0521. The van der Waals surface area contributed by atoms with Gasteiger partial charge in [0, 0.05) is 13.0 Å². The zero-order valence-electron chi connectivity index (χ0n) is 26.3. The number of aliphatic hydroxyl groups excluding tert-OH is 1. The largest absolute Gasteiger partial charge is 0.393 e. The molecule has 6 N–H and O–H groups in total. The highest BCUT2D eigenvalue weighted by Crippen LogP contribution is 2.68. The third-order valence-electron chi connectivity index (χ3n) is 12.6. The van der Waals surface area contributed by atoms with E-state index in [4.69, 9.17) is 5.73 Å². The highest BCUT2D eigenvalue weighted by molar-refractivity contribution is 5.75. The van der Waals surface area contributed by atoms with Crippen molar-refractivity contribution < 1.29 is 9.90 Å². The molecule has 4 rings (SSSR count). The number of rotatable bonds is 16. The predicted octanol–water partition coefficient (Wildman–Crippen LogP) is 5.24. The lowest BCUT2D eigenvalue weighted by molar-refractivity contribution is -0.129. The lowest BCUT2D eigenvalue weighted by atomic mass is 9.44. The SMILES string of the molecule is C[C@H](CCC(=O)NCCCNCCCCNCCCN)[C@H]1CC[C@H]2[C@@H]3CC[C@@H]4C[C@H](O)CC[C@]4(C)[C@H]3CC[C@]12C. The molecule has 0 saturated heterocycles. The van der Waals surface area contributed by atoms with Crippen LogP contribution in [-0.4, -0.2) is 56.4 Å². The Hall–Kier alpha value is -0.690. The van der Waals surface area contributed by atoms with Gasteiger partial charge in [0.15, 0.2) is 0 Å². The van der Waals surface area contributed by atoms with Crippen molar-refractivity contribution in [3.63, 3.8) is 0 Å². The molecule has 9 atom stereocenters. The van der Waals surface area contributed by atoms with Gasteiger partial charge >= 0.3 is 0 Å². The first-order valence-electron chi connectivity index (χ1n) is 17.4. The first kappa shape index (κ1) is 32.2. The summed E-state index contributed by atoms with van der Waals surface area (Å²) in [5, 5.41) is 20.4. The lowest BCUT2D eigenvalue weighted by Crippen LogP contribution is -2.54. The maximum Gasteiger partial charge on any atom is 0.220 e. The van der Waals surface area contributed by atoms with Gasteiger partial charge in [-0.05, 0) is 169 Å². The Balaban J connectivity index is 1.12. The summed E-state index contributed by atoms with van der Waals surface area (Å²) in [7, 11) is 0. The number of fused-ring (bicyclic) bond motifs is 5. The molecule has 0 heterocycles. The van der Waals surface area contributed by atoms with Gasteiger partial charge in [-0.1, -0.05) is 20.8 Å². The number of nitrogens with one attached hydrogen (secondary N) is 3. The molecule has 0 unspecified atom stereocenters. The summed E-state index contributed by atoms with van der Waals surface area (Å²) in [5.41, 5.74) is 6.43.